The Bertz CT molecular complexity index is 669. The summed E-state index contributed by atoms with van der Waals surface area (Å²) in [6, 6.07) is 18.1. The molecule has 0 aromatic heterocycles. The molecular formula is C23H33N. The summed E-state index contributed by atoms with van der Waals surface area (Å²) >= 11 is 0. The van der Waals surface area contributed by atoms with E-state index in [4.69, 9.17) is 0 Å². The van der Waals surface area contributed by atoms with Crippen LogP contribution in [-0.4, -0.2) is 11.6 Å². The molecule has 2 rings (SSSR count). The first-order valence-electron chi connectivity index (χ1n) is 9.01. The van der Waals surface area contributed by atoms with Crippen LogP contribution in [0.5, 0.6) is 0 Å². The van der Waals surface area contributed by atoms with E-state index in [-0.39, 0.29) is 11.0 Å². The van der Waals surface area contributed by atoms with Crippen molar-refractivity contribution in [2.45, 2.75) is 72.4 Å². The Labute approximate surface area is 148 Å². The van der Waals surface area contributed by atoms with Crippen LogP contribution in [0.25, 0.3) is 11.1 Å². The molecule has 0 aliphatic heterocycles. The second-order valence-electron chi connectivity index (χ2n) is 8.98. The van der Waals surface area contributed by atoms with E-state index >= 15 is 0 Å². The molecule has 0 fully saturated rings. The van der Waals surface area contributed by atoms with Crippen LogP contribution in [0.1, 0.15) is 61.0 Å². The van der Waals surface area contributed by atoms with Crippen molar-refractivity contribution < 1.29 is 0 Å². The number of anilines is 1. The van der Waals surface area contributed by atoms with Gasteiger partial charge in [0.15, 0.2) is 0 Å². The van der Waals surface area contributed by atoms with Crippen molar-refractivity contribution in [2.24, 2.45) is 0 Å². The minimum Gasteiger partial charge on any atom is -0.364 e. The molecule has 1 heteroatoms. The smallest absolute Gasteiger partial charge is 0.0411 e. The van der Waals surface area contributed by atoms with Gasteiger partial charge < -0.3 is 4.90 Å². The summed E-state index contributed by atoms with van der Waals surface area (Å²) in [5.74, 6) is 0. The van der Waals surface area contributed by atoms with Gasteiger partial charge in [-0.15, -0.1) is 0 Å². The van der Waals surface area contributed by atoms with Gasteiger partial charge in [-0.1, -0.05) is 57.2 Å². The summed E-state index contributed by atoms with van der Waals surface area (Å²) in [5, 5.41) is 0. The fraction of sp³-hybridized carbons (Fsp3) is 0.478. The monoisotopic (exact) mass is 323 g/mol. The molecule has 0 amide bonds. The number of hydrogen-bond donors (Lipinski definition) is 0. The predicted octanol–water partition coefficient (Wildman–Crippen LogP) is 6.66. The summed E-state index contributed by atoms with van der Waals surface area (Å²) in [7, 11) is 0. The van der Waals surface area contributed by atoms with Gasteiger partial charge in [0, 0.05) is 17.3 Å². The zero-order chi connectivity index (χ0) is 18.1. The third-order valence-corrected chi connectivity index (χ3v) is 4.41. The minimum atomic E-state index is 0.0857. The molecule has 0 unspecified atom stereocenters. The van der Waals surface area contributed by atoms with Crippen LogP contribution in [-0.2, 0) is 5.41 Å². The zero-order valence-corrected chi connectivity index (χ0v) is 16.6. The average Bonchev–Trinajstić information content (AvgIpc) is 2.45. The van der Waals surface area contributed by atoms with Gasteiger partial charge in [0.05, 0.1) is 0 Å². The highest BCUT2D eigenvalue weighted by Crippen LogP contribution is 2.39. The summed E-state index contributed by atoms with van der Waals surface area (Å²) < 4.78 is 0. The maximum absolute atomic E-state index is 2.54. The first-order valence-corrected chi connectivity index (χ1v) is 9.01. The van der Waals surface area contributed by atoms with Gasteiger partial charge in [0.25, 0.3) is 0 Å². The topological polar surface area (TPSA) is 3.24 Å². The van der Waals surface area contributed by atoms with Crippen molar-refractivity contribution in [3.05, 3.63) is 54.1 Å². The van der Waals surface area contributed by atoms with Gasteiger partial charge in [0.2, 0.25) is 0 Å². The Morgan fingerprint density at radius 3 is 1.79 bits per heavy atom. The largest absolute Gasteiger partial charge is 0.364 e. The van der Waals surface area contributed by atoms with Crippen LogP contribution in [0.3, 0.4) is 0 Å². The normalized spacial score (nSPS) is 12.5. The van der Waals surface area contributed by atoms with Crippen molar-refractivity contribution >= 4 is 5.69 Å². The summed E-state index contributed by atoms with van der Waals surface area (Å²) in [4.78, 5) is 2.54. The highest BCUT2D eigenvalue weighted by atomic mass is 15.2. The second kappa shape index (κ2) is 6.63. The molecular weight excluding hydrogens is 290 g/mol. The van der Waals surface area contributed by atoms with Crippen molar-refractivity contribution in [2.75, 3.05) is 4.90 Å². The van der Waals surface area contributed by atoms with Crippen molar-refractivity contribution in [1.82, 2.24) is 0 Å². The Balaban J connectivity index is 2.65. The van der Waals surface area contributed by atoms with Crippen LogP contribution in [0.15, 0.2) is 48.5 Å². The molecule has 0 heterocycles. The summed E-state index contributed by atoms with van der Waals surface area (Å²) in [5.41, 5.74) is 5.52. The fourth-order valence-electron chi connectivity index (χ4n) is 3.57. The zero-order valence-electron chi connectivity index (χ0n) is 16.6. The SMILES string of the molecule is CC(C)N(c1ccc(-c2ccccc2)cc1C(C)(C)C)C(C)(C)C. The highest BCUT2D eigenvalue weighted by molar-refractivity contribution is 5.70. The van der Waals surface area contributed by atoms with Crippen molar-refractivity contribution in [3.8, 4) is 11.1 Å². The standard InChI is InChI=1S/C23H33N/c1-17(2)24(23(6,7)8)21-15-14-19(16-20(21)22(3,4)5)18-12-10-9-11-13-18/h9-17H,1-8H3. The number of benzene rings is 2. The van der Waals surface area contributed by atoms with Gasteiger partial charge >= 0.3 is 0 Å². The van der Waals surface area contributed by atoms with Crippen LogP contribution in [0, 0.1) is 0 Å². The van der Waals surface area contributed by atoms with E-state index in [1.54, 1.807) is 0 Å². The summed E-state index contributed by atoms with van der Waals surface area (Å²) in [6.07, 6.45) is 0. The molecule has 130 valence electrons. The lowest BCUT2D eigenvalue weighted by Gasteiger charge is -2.44. The maximum Gasteiger partial charge on any atom is 0.0411 e. The van der Waals surface area contributed by atoms with Gasteiger partial charge in [-0.2, -0.15) is 0 Å². The van der Waals surface area contributed by atoms with E-state index in [0.29, 0.717) is 6.04 Å². The molecule has 0 saturated heterocycles. The molecule has 0 N–H and O–H groups in total. The Kier molecular flexibility index (Phi) is 5.13. The van der Waals surface area contributed by atoms with Gasteiger partial charge in [0.1, 0.15) is 0 Å². The molecule has 0 spiro atoms. The van der Waals surface area contributed by atoms with E-state index in [9.17, 15) is 0 Å². The first-order chi connectivity index (χ1) is 11.0. The lowest BCUT2D eigenvalue weighted by molar-refractivity contribution is 0.459. The average molecular weight is 324 g/mol. The van der Waals surface area contributed by atoms with E-state index < -0.39 is 0 Å². The summed E-state index contributed by atoms with van der Waals surface area (Å²) in [6.45, 7) is 18.4. The van der Waals surface area contributed by atoms with Crippen molar-refractivity contribution in [1.29, 1.82) is 0 Å². The van der Waals surface area contributed by atoms with E-state index in [1.807, 2.05) is 0 Å². The molecule has 0 bridgehead atoms. The highest BCUT2D eigenvalue weighted by Gasteiger charge is 2.29. The maximum atomic E-state index is 2.54. The van der Waals surface area contributed by atoms with Gasteiger partial charge in [-0.3, -0.25) is 0 Å². The molecule has 0 atom stereocenters. The molecule has 24 heavy (non-hydrogen) atoms. The minimum absolute atomic E-state index is 0.0857. The molecule has 2 aromatic carbocycles. The van der Waals surface area contributed by atoms with Gasteiger partial charge in [-0.05, 0) is 68.9 Å². The molecule has 0 saturated carbocycles. The second-order valence-corrected chi connectivity index (χ2v) is 8.98. The lowest BCUT2D eigenvalue weighted by Crippen LogP contribution is -2.47. The van der Waals surface area contributed by atoms with E-state index in [2.05, 4.69) is 109 Å². The van der Waals surface area contributed by atoms with E-state index in [1.165, 1.54) is 22.4 Å². The third-order valence-electron chi connectivity index (χ3n) is 4.41. The molecule has 1 nitrogen and oxygen atoms in total. The molecule has 2 aromatic rings. The Morgan fingerprint density at radius 1 is 0.750 bits per heavy atom. The third kappa shape index (κ3) is 4.01. The van der Waals surface area contributed by atoms with Crippen LogP contribution >= 0.6 is 0 Å². The van der Waals surface area contributed by atoms with Gasteiger partial charge in [-0.25, -0.2) is 0 Å². The van der Waals surface area contributed by atoms with Crippen molar-refractivity contribution in [3.63, 3.8) is 0 Å². The number of nitrogens with zero attached hydrogens (tertiary/aromatic N) is 1. The molecule has 0 aliphatic rings. The Hall–Kier alpha value is -1.76. The Morgan fingerprint density at radius 2 is 1.33 bits per heavy atom. The number of hydrogen-bond acceptors (Lipinski definition) is 1. The van der Waals surface area contributed by atoms with Crippen LogP contribution < -0.4 is 4.90 Å². The predicted molar refractivity (Wildman–Crippen MR) is 108 cm³/mol. The molecule has 0 aliphatic carbocycles. The fourth-order valence-corrected chi connectivity index (χ4v) is 3.57. The van der Waals surface area contributed by atoms with Crippen LogP contribution in [0.2, 0.25) is 0 Å². The number of rotatable bonds is 3. The molecule has 0 radical (unpaired) electrons. The first kappa shape index (κ1) is 18.6. The van der Waals surface area contributed by atoms with Crippen LogP contribution in [0.4, 0.5) is 5.69 Å². The quantitative estimate of drug-likeness (QED) is 0.610. The van der Waals surface area contributed by atoms with E-state index in [0.717, 1.165) is 0 Å². The lowest BCUT2D eigenvalue weighted by atomic mass is 9.82.